The second-order valence-corrected chi connectivity index (χ2v) is 8.92. The maximum Gasteiger partial charge on any atom is 0.251 e. The Bertz CT molecular complexity index is 1180. The Balaban J connectivity index is 1.75. The van der Waals surface area contributed by atoms with E-state index in [-0.39, 0.29) is 29.2 Å². The molecule has 0 aliphatic heterocycles. The SMILES string of the molecule is C=CCn1c(SCC(=O)Nc2ccccc2F)nnc1[C@@H](NC(=O)c1ccc(OC)cc1)C(C)C. The van der Waals surface area contributed by atoms with Crippen LogP contribution in [0, 0.1) is 11.7 Å². The molecule has 0 fully saturated rings. The summed E-state index contributed by atoms with van der Waals surface area (Å²) in [6, 6.07) is 12.4. The Morgan fingerprint density at radius 1 is 1.17 bits per heavy atom. The number of nitrogens with zero attached hydrogens (tertiary/aromatic N) is 3. The van der Waals surface area contributed by atoms with Crippen molar-refractivity contribution in [2.75, 3.05) is 18.2 Å². The molecule has 2 N–H and O–H groups in total. The zero-order valence-corrected chi connectivity index (χ0v) is 20.6. The van der Waals surface area contributed by atoms with Crippen molar-refractivity contribution in [1.29, 1.82) is 0 Å². The molecule has 3 aromatic rings. The van der Waals surface area contributed by atoms with Crippen molar-refractivity contribution in [3.8, 4) is 5.75 Å². The van der Waals surface area contributed by atoms with Crippen LogP contribution in [0.1, 0.15) is 36.1 Å². The van der Waals surface area contributed by atoms with Gasteiger partial charge in [0.1, 0.15) is 11.6 Å². The van der Waals surface area contributed by atoms with E-state index in [1.807, 2.05) is 18.4 Å². The number of ether oxygens (including phenoxy) is 1. The van der Waals surface area contributed by atoms with Crippen LogP contribution in [0.4, 0.5) is 10.1 Å². The molecule has 0 unspecified atom stereocenters. The van der Waals surface area contributed by atoms with E-state index >= 15 is 0 Å². The molecular weight excluding hydrogens is 469 g/mol. The number of rotatable bonds is 11. The van der Waals surface area contributed by atoms with Crippen LogP contribution in [-0.2, 0) is 11.3 Å². The molecule has 1 heterocycles. The van der Waals surface area contributed by atoms with Crippen LogP contribution in [0.15, 0.2) is 66.3 Å². The van der Waals surface area contributed by atoms with E-state index in [0.717, 1.165) is 0 Å². The zero-order chi connectivity index (χ0) is 25.4. The number of hydrogen-bond acceptors (Lipinski definition) is 6. The summed E-state index contributed by atoms with van der Waals surface area (Å²) in [4.78, 5) is 25.3. The molecule has 8 nitrogen and oxygen atoms in total. The van der Waals surface area contributed by atoms with Gasteiger partial charge in [0.2, 0.25) is 5.91 Å². The first kappa shape index (κ1) is 26.0. The predicted molar refractivity (Wildman–Crippen MR) is 134 cm³/mol. The van der Waals surface area contributed by atoms with Crippen LogP contribution >= 0.6 is 11.8 Å². The summed E-state index contributed by atoms with van der Waals surface area (Å²) in [6.07, 6.45) is 1.69. The number of halogens is 1. The summed E-state index contributed by atoms with van der Waals surface area (Å²) >= 11 is 1.17. The molecule has 0 radical (unpaired) electrons. The second kappa shape index (κ2) is 12.2. The van der Waals surface area contributed by atoms with E-state index < -0.39 is 11.9 Å². The number of carbonyl (C=O) groups excluding carboxylic acids is 2. The van der Waals surface area contributed by atoms with Gasteiger partial charge in [0.25, 0.3) is 5.91 Å². The Morgan fingerprint density at radius 3 is 2.51 bits per heavy atom. The molecule has 2 amide bonds. The van der Waals surface area contributed by atoms with Crippen LogP contribution in [0.3, 0.4) is 0 Å². The molecule has 10 heteroatoms. The van der Waals surface area contributed by atoms with Crippen molar-refractivity contribution in [3.05, 3.63) is 78.4 Å². The fourth-order valence-corrected chi connectivity index (χ4v) is 4.07. The van der Waals surface area contributed by atoms with Crippen LogP contribution in [0.2, 0.25) is 0 Å². The van der Waals surface area contributed by atoms with Gasteiger partial charge in [-0.2, -0.15) is 0 Å². The van der Waals surface area contributed by atoms with Crippen molar-refractivity contribution in [1.82, 2.24) is 20.1 Å². The molecule has 0 saturated heterocycles. The molecule has 35 heavy (non-hydrogen) atoms. The van der Waals surface area contributed by atoms with Gasteiger partial charge in [-0.15, -0.1) is 16.8 Å². The number of amides is 2. The topological polar surface area (TPSA) is 98.1 Å². The first-order chi connectivity index (χ1) is 16.8. The average molecular weight is 498 g/mol. The lowest BCUT2D eigenvalue weighted by Crippen LogP contribution is -2.33. The minimum absolute atomic E-state index is 0.00664. The highest BCUT2D eigenvalue weighted by molar-refractivity contribution is 7.99. The number of methoxy groups -OCH3 is 1. The molecule has 2 aromatic carbocycles. The molecule has 1 atom stereocenters. The van der Waals surface area contributed by atoms with E-state index in [1.54, 1.807) is 49.6 Å². The van der Waals surface area contributed by atoms with Gasteiger partial charge < -0.3 is 19.9 Å². The molecule has 0 aliphatic rings. The fraction of sp³-hybridized carbons (Fsp3) is 0.280. The summed E-state index contributed by atoms with van der Waals surface area (Å²) in [5, 5.41) is 14.7. The van der Waals surface area contributed by atoms with Crippen molar-refractivity contribution in [3.63, 3.8) is 0 Å². The molecule has 1 aromatic heterocycles. The standard InChI is InChI=1S/C25H28FN5O3S/c1-5-14-31-23(22(16(2)3)28-24(33)17-10-12-18(34-4)13-11-17)29-30-25(31)35-15-21(32)27-20-9-7-6-8-19(20)26/h5-13,16,22H,1,14-15H2,2-4H3,(H,27,32)(H,28,33)/t22-/m0/s1. The Hall–Kier alpha value is -3.66. The molecule has 0 aliphatic carbocycles. The van der Waals surface area contributed by atoms with E-state index in [1.165, 1.54) is 23.9 Å². The van der Waals surface area contributed by atoms with E-state index in [0.29, 0.717) is 28.8 Å². The van der Waals surface area contributed by atoms with Gasteiger partial charge in [0, 0.05) is 12.1 Å². The lowest BCUT2D eigenvalue weighted by molar-refractivity contribution is -0.113. The van der Waals surface area contributed by atoms with Crippen LogP contribution in [0.25, 0.3) is 0 Å². The van der Waals surface area contributed by atoms with E-state index in [4.69, 9.17) is 4.74 Å². The van der Waals surface area contributed by atoms with Gasteiger partial charge in [-0.25, -0.2) is 4.39 Å². The number of para-hydroxylation sites is 1. The van der Waals surface area contributed by atoms with Crippen molar-refractivity contribution in [2.24, 2.45) is 5.92 Å². The van der Waals surface area contributed by atoms with Gasteiger partial charge in [0.15, 0.2) is 11.0 Å². The normalized spacial score (nSPS) is 11.7. The molecule has 0 saturated carbocycles. The zero-order valence-electron chi connectivity index (χ0n) is 19.8. The van der Waals surface area contributed by atoms with Crippen molar-refractivity contribution in [2.45, 2.75) is 31.6 Å². The Labute approximate surface area is 208 Å². The first-order valence-corrected chi connectivity index (χ1v) is 12.0. The maximum atomic E-state index is 13.8. The minimum Gasteiger partial charge on any atom is -0.497 e. The average Bonchev–Trinajstić information content (AvgIpc) is 3.24. The monoisotopic (exact) mass is 497 g/mol. The van der Waals surface area contributed by atoms with Crippen LogP contribution < -0.4 is 15.4 Å². The van der Waals surface area contributed by atoms with Crippen LogP contribution in [-0.4, -0.2) is 39.4 Å². The third-order valence-electron chi connectivity index (χ3n) is 5.12. The third-order valence-corrected chi connectivity index (χ3v) is 6.09. The number of carbonyl (C=O) groups is 2. The van der Waals surface area contributed by atoms with E-state index in [2.05, 4.69) is 27.4 Å². The Kier molecular flexibility index (Phi) is 9.02. The third kappa shape index (κ3) is 6.69. The number of nitrogens with one attached hydrogen (secondary N) is 2. The van der Waals surface area contributed by atoms with E-state index in [9.17, 15) is 14.0 Å². The summed E-state index contributed by atoms with van der Waals surface area (Å²) in [6.45, 7) is 8.14. The minimum atomic E-state index is -0.504. The smallest absolute Gasteiger partial charge is 0.251 e. The number of hydrogen-bond donors (Lipinski definition) is 2. The lowest BCUT2D eigenvalue weighted by Gasteiger charge is -2.22. The number of benzene rings is 2. The summed E-state index contributed by atoms with van der Waals surface area (Å²) in [5.41, 5.74) is 0.609. The molecule has 3 rings (SSSR count). The number of aromatic nitrogens is 3. The van der Waals surface area contributed by atoms with Gasteiger partial charge >= 0.3 is 0 Å². The highest BCUT2D eigenvalue weighted by Gasteiger charge is 2.26. The Morgan fingerprint density at radius 2 is 1.89 bits per heavy atom. The summed E-state index contributed by atoms with van der Waals surface area (Å²) in [7, 11) is 1.56. The van der Waals surface area contributed by atoms with Crippen LogP contribution in [0.5, 0.6) is 5.75 Å². The lowest BCUT2D eigenvalue weighted by atomic mass is 10.0. The predicted octanol–water partition coefficient (Wildman–Crippen LogP) is 4.47. The van der Waals surface area contributed by atoms with Crippen molar-refractivity contribution < 1.29 is 18.7 Å². The molecular formula is C25H28FN5O3S. The highest BCUT2D eigenvalue weighted by atomic mass is 32.2. The summed E-state index contributed by atoms with van der Waals surface area (Å²) < 4.78 is 20.8. The van der Waals surface area contributed by atoms with Crippen molar-refractivity contribution >= 4 is 29.3 Å². The largest absolute Gasteiger partial charge is 0.497 e. The summed E-state index contributed by atoms with van der Waals surface area (Å²) in [5.74, 6) is 0.101. The van der Waals surface area contributed by atoms with Gasteiger partial charge in [-0.3, -0.25) is 9.59 Å². The first-order valence-electron chi connectivity index (χ1n) is 11.0. The maximum absolute atomic E-state index is 13.8. The molecule has 184 valence electrons. The number of anilines is 1. The fourth-order valence-electron chi connectivity index (χ4n) is 3.31. The quantitative estimate of drug-likeness (QED) is 0.300. The van der Waals surface area contributed by atoms with Gasteiger partial charge in [0.05, 0.1) is 24.6 Å². The number of allylic oxidation sites excluding steroid dienone is 1. The highest BCUT2D eigenvalue weighted by Crippen LogP contribution is 2.26. The van der Waals surface area contributed by atoms with Gasteiger partial charge in [-0.05, 0) is 42.3 Å². The number of thioether (sulfide) groups is 1. The van der Waals surface area contributed by atoms with Gasteiger partial charge in [-0.1, -0.05) is 43.8 Å². The molecule has 0 spiro atoms. The second-order valence-electron chi connectivity index (χ2n) is 7.98. The molecule has 0 bridgehead atoms.